The van der Waals surface area contributed by atoms with Gasteiger partial charge in [0.2, 0.25) is 23.6 Å². The number of primary amides is 2. The third kappa shape index (κ3) is 7.16. The van der Waals surface area contributed by atoms with Crippen molar-refractivity contribution >= 4 is 29.6 Å². The first kappa shape index (κ1) is 20.4. The quantitative estimate of drug-likeness (QED) is 0.239. The van der Waals surface area contributed by atoms with Crippen LogP contribution in [0.2, 0.25) is 0 Å². The summed E-state index contributed by atoms with van der Waals surface area (Å²) in [7, 11) is 0. The van der Waals surface area contributed by atoms with Gasteiger partial charge in [-0.2, -0.15) is 0 Å². The predicted molar refractivity (Wildman–Crippen MR) is 84.8 cm³/mol. The molecule has 1 fully saturated rings. The van der Waals surface area contributed by atoms with Gasteiger partial charge >= 0.3 is 5.97 Å². The molecule has 0 aromatic heterocycles. The maximum absolute atomic E-state index is 12.3. The number of carbonyl (C=O) groups excluding carboxylic acids is 4. The van der Waals surface area contributed by atoms with Crippen LogP contribution in [0.15, 0.2) is 0 Å². The molecule has 4 amide bonds. The summed E-state index contributed by atoms with van der Waals surface area (Å²) in [5.41, 5.74) is 10.0. The Morgan fingerprint density at radius 3 is 2.24 bits per heavy atom. The van der Waals surface area contributed by atoms with E-state index in [-0.39, 0.29) is 12.8 Å². The van der Waals surface area contributed by atoms with E-state index in [1.165, 1.54) is 0 Å². The molecule has 0 aromatic rings. The van der Waals surface area contributed by atoms with Crippen molar-refractivity contribution in [2.45, 2.75) is 50.2 Å². The Morgan fingerprint density at radius 1 is 1.08 bits per heavy atom. The topological polar surface area (TPSA) is 194 Å². The lowest BCUT2D eigenvalue weighted by molar-refractivity contribution is -0.143. The van der Waals surface area contributed by atoms with Crippen LogP contribution >= 0.6 is 0 Å². The lowest BCUT2D eigenvalue weighted by atomic mass is 10.1. The van der Waals surface area contributed by atoms with Gasteiger partial charge < -0.3 is 32.5 Å². The van der Waals surface area contributed by atoms with Crippen LogP contribution in [0.5, 0.6) is 0 Å². The van der Waals surface area contributed by atoms with Gasteiger partial charge in [-0.15, -0.1) is 0 Å². The zero-order chi connectivity index (χ0) is 19.0. The molecule has 140 valence electrons. The van der Waals surface area contributed by atoms with Gasteiger partial charge in [-0.3, -0.25) is 19.2 Å². The SMILES string of the molecule is NC(=O)CCC(NC(=O)C1CCCN1)C(=O)NC(CC(N)=O)C(=O)O. The van der Waals surface area contributed by atoms with Crippen molar-refractivity contribution in [2.75, 3.05) is 6.54 Å². The second-order valence-corrected chi connectivity index (χ2v) is 5.78. The van der Waals surface area contributed by atoms with Gasteiger partial charge in [0.05, 0.1) is 12.5 Å². The molecule has 0 aromatic carbocycles. The number of carboxylic acids is 1. The molecule has 1 heterocycles. The summed E-state index contributed by atoms with van der Waals surface area (Å²) in [5, 5.41) is 16.6. The molecule has 1 aliphatic heterocycles. The molecule has 0 spiro atoms. The molecule has 1 aliphatic rings. The summed E-state index contributed by atoms with van der Waals surface area (Å²) in [4.78, 5) is 57.4. The van der Waals surface area contributed by atoms with Gasteiger partial charge in [-0.1, -0.05) is 0 Å². The van der Waals surface area contributed by atoms with Gasteiger partial charge in [0.1, 0.15) is 12.1 Å². The number of amides is 4. The highest BCUT2D eigenvalue weighted by atomic mass is 16.4. The Balaban J connectivity index is 2.75. The van der Waals surface area contributed by atoms with E-state index >= 15 is 0 Å². The van der Waals surface area contributed by atoms with Crippen LogP contribution in [0.3, 0.4) is 0 Å². The zero-order valence-electron chi connectivity index (χ0n) is 13.6. The third-order valence-corrected chi connectivity index (χ3v) is 3.71. The van der Waals surface area contributed by atoms with E-state index in [4.69, 9.17) is 16.6 Å². The van der Waals surface area contributed by atoms with Crippen molar-refractivity contribution in [1.29, 1.82) is 0 Å². The Bertz CT molecular complexity index is 546. The summed E-state index contributed by atoms with van der Waals surface area (Å²) in [6.07, 6.45) is 0.555. The van der Waals surface area contributed by atoms with Crippen LogP contribution in [0.25, 0.3) is 0 Å². The Labute approximate surface area is 143 Å². The predicted octanol–water partition coefficient (Wildman–Crippen LogP) is -3.07. The molecule has 0 bridgehead atoms. The number of carboxylic acid groups (broad SMARTS) is 1. The van der Waals surface area contributed by atoms with Crippen LogP contribution < -0.4 is 27.4 Å². The number of rotatable bonds is 10. The molecule has 3 atom stereocenters. The first-order valence-corrected chi connectivity index (χ1v) is 7.84. The summed E-state index contributed by atoms with van der Waals surface area (Å²) in [6, 6.07) is -3.13. The molecule has 8 N–H and O–H groups in total. The highest BCUT2D eigenvalue weighted by Gasteiger charge is 2.30. The molecule has 0 aliphatic carbocycles. The smallest absolute Gasteiger partial charge is 0.326 e. The number of aliphatic carboxylic acids is 1. The van der Waals surface area contributed by atoms with Crippen molar-refractivity contribution in [3.8, 4) is 0 Å². The van der Waals surface area contributed by atoms with Crippen LogP contribution in [0.4, 0.5) is 0 Å². The monoisotopic (exact) mass is 357 g/mol. The average molecular weight is 357 g/mol. The Hall–Kier alpha value is -2.69. The number of carbonyl (C=O) groups is 5. The van der Waals surface area contributed by atoms with E-state index in [0.717, 1.165) is 6.42 Å². The molecule has 0 saturated carbocycles. The van der Waals surface area contributed by atoms with E-state index in [0.29, 0.717) is 13.0 Å². The lowest BCUT2D eigenvalue weighted by Crippen LogP contribution is -2.55. The van der Waals surface area contributed by atoms with Gasteiger partial charge in [-0.05, 0) is 25.8 Å². The van der Waals surface area contributed by atoms with Crippen LogP contribution in [0.1, 0.15) is 32.1 Å². The highest BCUT2D eigenvalue weighted by Crippen LogP contribution is 2.07. The Morgan fingerprint density at radius 2 is 1.76 bits per heavy atom. The first-order valence-electron chi connectivity index (χ1n) is 7.84. The maximum atomic E-state index is 12.3. The van der Waals surface area contributed by atoms with Crippen molar-refractivity contribution in [3.63, 3.8) is 0 Å². The van der Waals surface area contributed by atoms with E-state index in [1.807, 2.05) is 0 Å². The summed E-state index contributed by atoms with van der Waals surface area (Å²) >= 11 is 0. The summed E-state index contributed by atoms with van der Waals surface area (Å²) < 4.78 is 0. The normalized spacial score (nSPS) is 18.8. The first-order chi connectivity index (χ1) is 11.7. The average Bonchev–Trinajstić information content (AvgIpc) is 3.04. The second-order valence-electron chi connectivity index (χ2n) is 5.78. The van der Waals surface area contributed by atoms with E-state index in [9.17, 15) is 24.0 Å². The van der Waals surface area contributed by atoms with Gasteiger partial charge in [0.15, 0.2) is 0 Å². The molecule has 3 unspecified atom stereocenters. The van der Waals surface area contributed by atoms with E-state index in [2.05, 4.69) is 16.0 Å². The van der Waals surface area contributed by atoms with Crippen LogP contribution in [-0.4, -0.2) is 59.4 Å². The van der Waals surface area contributed by atoms with Crippen LogP contribution in [0, 0.1) is 0 Å². The molecule has 11 nitrogen and oxygen atoms in total. The molecular weight excluding hydrogens is 334 g/mol. The minimum Gasteiger partial charge on any atom is -0.480 e. The van der Waals surface area contributed by atoms with E-state index < -0.39 is 54.1 Å². The standard InChI is InChI=1S/C14H23N5O6/c15-10(20)4-3-8(18-12(22)7-2-1-5-17-7)13(23)19-9(14(24)25)6-11(16)21/h7-9,17H,1-6H2,(H2,15,20)(H2,16,21)(H,18,22)(H,19,23)(H,24,25). The summed E-state index contributed by atoms with van der Waals surface area (Å²) in [5.74, 6) is -4.27. The molecule has 11 heteroatoms. The molecule has 1 saturated heterocycles. The number of hydrogen-bond donors (Lipinski definition) is 6. The largest absolute Gasteiger partial charge is 0.480 e. The third-order valence-electron chi connectivity index (χ3n) is 3.71. The minimum atomic E-state index is -1.53. The maximum Gasteiger partial charge on any atom is 0.326 e. The fraction of sp³-hybridized carbons (Fsp3) is 0.643. The fourth-order valence-electron chi connectivity index (χ4n) is 2.41. The fourth-order valence-corrected chi connectivity index (χ4v) is 2.41. The zero-order valence-corrected chi connectivity index (χ0v) is 13.6. The van der Waals surface area contributed by atoms with Gasteiger partial charge in [-0.25, -0.2) is 4.79 Å². The second kappa shape index (κ2) is 9.57. The number of nitrogens with one attached hydrogen (secondary N) is 3. The van der Waals surface area contributed by atoms with Gasteiger partial charge in [0.25, 0.3) is 0 Å². The van der Waals surface area contributed by atoms with Crippen LogP contribution in [-0.2, 0) is 24.0 Å². The summed E-state index contributed by atoms with van der Waals surface area (Å²) in [6.45, 7) is 0.677. The van der Waals surface area contributed by atoms with Crippen molar-refractivity contribution < 1.29 is 29.1 Å². The van der Waals surface area contributed by atoms with Crippen molar-refractivity contribution in [1.82, 2.24) is 16.0 Å². The lowest BCUT2D eigenvalue weighted by Gasteiger charge is -2.22. The minimum absolute atomic E-state index is 0.0947. The highest BCUT2D eigenvalue weighted by molar-refractivity contribution is 5.93. The van der Waals surface area contributed by atoms with E-state index in [1.54, 1.807) is 0 Å². The molecule has 25 heavy (non-hydrogen) atoms. The number of hydrogen-bond acceptors (Lipinski definition) is 6. The molecule has 0 radical (unpaired) electrons. The van der Waals surface area contributed by atoms with Crippen molar-refractivity contribution in [3.05, 3.63) is 0 Å². The van der Waals surface area contributed by atoms with Crippen molar-refractivity contribution in [2.24, 2.45) is 11.5 Å². The number of nitrogens with two attached hydrogens (primary N) is 2. The molecule has 1 rings (SSSR count). The molecular formula is C14H23N5O6. The Kier molecular flexibility index (Phi) is 7.79. The van der Waals surface area contributed by atoms with Gasteiger partial charge in [0, 0.05) is 6.42 Å².